The third-order valence-electron chi connectivity index (χ3n) is 4.61. The van der Waals surface area contributed by atoms with Crippen molar-refractivity contribution in [3.05, 3.63) is 35.9 Å². The topological polar surface area (TPSA) is 59.9 Å². The molecule has 0 bridgehead atoms. The third-order valence-corrected chi connectivity index (χ3v) is 4.61. The number of rotatable bonds is 6. The maximum absolute atomic E-state index is 9.65. The Kier molecular flexibility index (Phi) is 7.53. The number of aliphatic hydroxyl groups excluding tert-OH is 1. The molecule has 134 valence electrons. The minimum absolute atomic E-state index is 0.126. The molecule has 0 heterocycles. The van der Waals surface area contributed by atoms with Crippen LogP contribution in [-0.4, -0.2) is 55.3 Å². The van der Waals surface area contributed by atoms with Gasteiger partial charge in [-0.05, 0) is 52.3 Å². The monoisotopic (exact) mass is 332 g/mol. The van der Waals surface area contributed by atoms with E-state index >= 15 is 0 Å². The maximum Gasteiger partial charge on any atom is 0.191 e. The highest BCUT2D eigenvalue weighted by Crippen LogP contribution is 2.19. The Morgan fingerprint density at radius 1 is 1.21 bits per heavy atom. The van der Waals surface area contributed by atoms with E-state index in [2.05, 4.69) is 60.8 Å². The molecular formula is C19H32N4O. The van der Waals surface area contributed by atoms with Gasteiger partial charge in [0.1, 0.15) is 0 Å². The Morgan fingerprint density at radius 2 is 1.88 bits per heavy atom. The third kappa shape index (κ3) is 5.80. The van der Waals surface area contributed by atoms with Gasteiger partial charge in [-0.15, -0.1) is 0 Å². The molecular weight excluding hydrogens is 300 g/mol. The Balaban J connectivity index is 2.00. The Bertz CT molecular complexity index is 495. The highest BCUT2D eigenvalue weighted by atomic mass is 16.3. The molecule has 1 atom stereocenters. The molecule has 0 saturated heterocycles. The van der Waals surface area contributed by atoms with E-state index < -0.39 is 0 Å². The zero-order chi connectivity index (χ0) is 17.4. The summed E-state index contributed by atoms with van der Waals surface area (Å²) in [5.74, 6) is 0.877. The van der Waals surface area contributed by atoms with E-state index in [1.165, 1.54) is 5.56 Å². The van der Waals surface area contributed by atoms with E-state index in [9.17, 15) is 5.11 Å². The first-order valence-corrected chi connectivity index (χ1v) is 9.04. The number of hydrogen-bond donors (Lipinski definition) is 3. The van der Waals surface area contributed by atoms with Crippen molar-refractivity contribution in [1.29, 1.82) is 0 Å². The Morgan fingerprint density at radius 3 is 2.46 bits per heavy atom. The molecule has 3 N–H and O–H groups in total. The largest absolute Gasteiger partial charge is 0.393 e. The zero-order valence-corrected chi connectivity index (χ0v) is 15.2. The van der Waals surface area contributed by atoms with Gasteiger partial charge in [0.05, 0.1) is 18.7 Å². The van der Waals surface area contributed by atoms with Crippen molar-refractivity contribution in [3.63, 3.8) is 0 Å². The minimum Gasteiger partial charge on any atom is -0.393 e. The smallest absolute Gasteiger partial charge is 0.191 e. The molecule has 5 nitrogen and oxygen atoms in total. The van der Waals surface area contributed by atoms with Gasteiger partial charge in [0.25, 0.3) is 0 Å². The fourth-order valence-corrected chi connectivity index (χ4v) is 3.15. The number of likely N-dealkylation sites (N-methyl/N-ethyl adjacent to an activating group) is 1. The van der Waals surface area contributed by atoms with Crippen LogP contribution < -0.4 is 10.6 Å². The van der Waals surface area contributed by atoms with Crippen LogP contribution in [-0.2, 0) is 0 Å². The highest BCUT2D eigenvalue weighted by molar-refractivity contribution is 5.80. The van der Waals surface area contributed by atoms with Crippen molar-refractivity contribution in [2.45, 2.75) is 50.8 Å². The molecule has 0 aromatic heterocycles. The second-order valence-corrected chi connectivity index (χ2v) is 6.76. The summed E-state index contributed by atoms with van der Waals surface area (Å²) in [4.78, 5) is 7.02. The average molecular weight is 332 g/mol. The lowest BCUT2D eigenvalue weighted by Gasteiger charge is -2.28. The van der Waals surface area contributed by atoms with Crippen molar-refractivity contribution in [2.24, 2.45) is 4.99 Å². The summed E-state index contributed by atoms with van der Waals surface area (Å²) in [6.45, 7) is 3.64. The molecule has 2 rings (SSSR count). The van der Waals surface area contributed by atoms with Gasteiger partial charge >= 0.3 is 0 Å². The van der Waals surface area contributed by atoms with Gasteiger partial charge in [0.15, 0.2) is 5.96 Å². The second-order valence-electron chi connectivity index (χ2n) is 6.76. The summed E-state index contributed by atoms with van der Waals surface area (Å²) in [7, 11) is 4.19. The number of aliphatic imine (C=N–C) groups is 1. The van der Waals surface area contributed by atoms with Crippen LogP contribution in [0.4, 0.5) is 0 Å². The summed E-state index contributed by atoms with van der Waals surface area (Å²) in [5, 5.41) is 16.5. The number of guanidine groups is 1. The fraction of sp³-hybridized carbons (Fsp3) is 0.632. The molecule has 1 aliphatic rings. The quantitative estimate of drug-likeness (QED) is 0.552. The van der Waals surface area contributed by atoms with Crippen LogP contribution in [0.3, 0.4) is 0 Å². The molecule has 24 heavy (non-hydrogen) atoms. The van der Waals surface area contributed by atoms with E-state index in [1.54, 1.807) is 0 Å². The summed E-state index contributed by atoms with van der Waals surface area (Å²) >= 11 is 0. The number of nitrogens with zero attached hydrogens (tertiary/aromatic N) is 2. The van der Waals surface area contributed by atoms with Gasteiger partial charge < -0.3 is 20.6 Å². The van der Waals surface area contributed by atoms with Gasteiger partial charge in [-0.25, -0.2) is 0 Å². The molecule has 0 amide bonds. The first kappa shape index (κ1) is 18.7. The summed E-state index contributed by atoms with van der Waals surface area (Å²) in [5.41, 5.74) is 1.28. The normalized spacial score (nSPS) is 23.1. The van der Waals surface area contributed by atoms with Crippen LogP contribution in [0.2, 0.25) is 0 Å². The van der Waals surface area contributed by atoms with E-state index in [0.29, 0.717) is 12.6 Å². The first-order chi connectivity index (χ1) is 11.6. The predicted octanol–water partition coefficient (Wildman–Crippen LogP) is 2.15. The van der Waals surface area contributed by atoms with E-state index in [1.807, 2.05) is 6.07 Å². The number of nitrogens with one attached hydrogen (secondary N) is 2. The van der Waals surface area contributed by atoms with E-state index in [0.717, 1.165) is 38.2 Å². The lowest BCUT2D eigenvalue weighted by Crippen LogP contribution is -2.45. The Hall–Kier alpha value is -1.59. The standard InChI is InChI=1S/C19H32N4O/c1-4-20-19(22-16-10-12-17(24)13-11-16)21-14-18(23(2)3)15-8-6-5-7-9-15/h5-9,16-18,24H,4,10-14H2,1-3H3,(H2,20,21,22). The number of hydrogen-bond acceptors (Lipinski definition) is 3. The van der Waals surface area contributed by atoms with Crippen LogP contribution in [0.15, 0.2) is 35.3 Å². The predicted molar refractivity (Wildman–Crippen MR) is 100 cm³/mol. The lowest BCUT2D eigenvalue weighted by atomic mass is 9.93. The van der Waals surface area contributed by atoms with Gasteiger partial charge in [-0.1, -0.05) is 30.3 Å². The van der Waals surface area contributed by atoms with E-state index in [4.69, 9.17) is 4.99 Å². The van der Waals surface area contributed by atoms with Crippen LogP contribution in [0.25, 0.3) is 0 Å². The summed E-state index contributed by atoms with van der Waals surface area (Å²) in [6, 6.07) is 11.2. The number of benzene rings is 1. The zero-order valence-electron chi connectivity index (χ0n) is 15.2. The molecule has 0 spiro atoms. The minimum atomic E-state index is -0.126. The van der Waals surface area contributed by atoms with Crippen LogP contribution in [0, 0.1) is 0 Å². The molecule has 1 saturated carbocycles. The summed E-state index contributed by atoms with van der Waals surface area (Å²) < 4.78 is 0. The summed E-state index contributed by atoms with van der Waals surface area (Å²) in [6.07, 6.45) is 3.63. The Labute approximate surface area is 146 Å². The van der Waals surface area contributed by atoms with Crippen molar-refractivity contribution in [1.82, 2.24) is 15.5 Å². The molecule has 1 fully saturated rings. The van der Waals surface area contributed by atoms with E-state index in [-0.39, 0.29) is 12.1 Å². The van der Waals surface area contributed by atoms with Gasteiger partial charge in [-0.3, -0.25) is 4.99 Å². The number of aliphatic hydroxyl groups is 1. The molecule has 1 aliphatic carbocycles. The van der Waals surface area contributed by atoms with Crippen LogP contribution in [0.1, 0.15) is 44.2 Å². The maximum atomic E-state index is 9.65. The average Bonchev–Trinajstić information content (AvgIpc) is 2.58. The molecule has 5 heteroatoms. The van der Waals surface area contributed by atoms with Gasteiger partial charge in [-0.2, -0.15) is 0 Å². The van der Waals surface area contributed by atoms with Crippen molar-refractivity contribution >= 4 is 5.96 Å². The molecule has 1 unspecified atom stereocenters. The fourth-order valence-electron chi connectivity index (χ4n) is 3.15. The van der Waals surface area contributed by atoms with Crippen molar-refractivity contribution < 1.29 is 5.11 Å². The molecule has 0 aliphatic heterocycles. The van der Waals surface area contributed by atoms with Crippen molar-refractivity contribution in [2.75, 3.05) is 27.2 Å². The SMILES string of the molecule is CCNC(=NCC(c1ccccc1)N(C)C)NC1CCC(O)CC1. The van der Waals surface area contributed by atoms with Crippen LogP contribution >= 0.6 is 0 Å². The lowest BCUT2D eigenvalue weighted by molar-refractivity contribution is 0.120. The molecule has 1 aromatic rings. The van der Waals surface area contributed by atoms with Gasteiger partial charge in [0.2, 0.25) is 0 Å². The molecule has 0 radical (unpaired) electrons. The van der Waals surface area contributed by atoms with Crippen LogP contribution in [0.5, 0.6) is 0 Å². The second kappa shape index (κ2) is 9.64. The first-order valence-electron chi connectivity index (χ1n) is 9.04. The van der Waals surface area contributed by atoms with Crippen molar-refractivity contribution in [3.8, 4) is 0 Å². The van der Waals surface area contributed by atoms with Gasteiger partial charge in [0, 0.05) is 12.6 Å². The highest BCUT2D eigenvalue weighted by Gasteiger charge is 2.20. The molecule has 1 aromatic carbocycles.